The van der Waals surface area contributed by atoms with E-state index in [2.05, 4.69) is 23.2 Å². The fourth-order valence-corrected chi connectivity index (χ4v) is 3.96. The van der Waals surface area contributed by atoms with E-state index in [9.17, 15) is 14.9 Å². The van der Waals surface area contributed by atoms with E-state index in [1.165, 1.54) is 4.90 Å². The number of nitrogens with one attached hydrogen (secondary N) is 1. The molecule has 4 aromatic carbocycles. The van der Waals surface area contributed by atoms with E-state index in [0.717, 1.165) is 21.9 Å². The zero-order valence-electron chi connectivity index (χ0n) is 17.5. The minimum atomic E-state index is -0.381. The van der Waals surface area contributed by atoms with Crippen molar-refractivity contribution in [2.24, 2.45) is 0 Å². The topological polar surface area (TPSA) is 73.2 Å². The zero-order chi connectivity index (χ0) is 22.8. The molecule has 0 atom stereocenters. The lowest BCUT2D eigenvalue weighted by atomic mass is 10.00. The summed E-state index contributed by atoms with van der Waals surface area (Å²) in [4.78, 5) is 27.2. The molecule has 1 aliphatic rings. The summed E-state index contributed by atoms with van der Waals surface area (Å²) in [5.74, 6) is 5.67. The van der Waals surface area contributed by atoms with E-state index in [1.807, 2.05) is 60.7 Å². The minimum Gasteiger partial charge on any atom is -0.323 e. The molecule has 1 N–H and O–H groups in total. The van der Waals surface area contributed by atoms with Gasteiger partial charge in [-0.15, -0.1) is 0 Å². The Labute approximate surface area is 190 Å². The predicted molar refractivity (Wildman–Crippen MR) is 128 cm³/mol. The third-order valence-electron chi connectivity index (χ3n) is 5.44. The summed E-state index contributed by atoms with van der Waals surface area (Å²) >= 11 is 0. The molecule has 1 aliphatic heterocycles. The fourth-order valence-electron chi connectivity index (χ4n) is 3.96. The molecule has 0 radical (unpaired) electrons. The van der Waals surface area contributed by atoms with Gasteiger partial charge < -0.3 is 5.32 Å². The SMILES string of the molecule is N#Cc1cccc(N2C(=O)CC(=O)Nc3c2cc(C#Cc2ccccc2)c2ccccc32)c1. The molecule has 5 nitrogen and oxygen atoms in total. The van der Waals surface area contributed by atoms with E-state index >= 15 is 0 Å². The van der Waals surface area contributed by atoms with Crippen molar-refractivity contribution in [1.29, 1.82) is 5.26 Å². The van der Waals surface area contributed by atoms with Gasteiger partial charge in [-0.25, -0.2) is 0 Å². The molecule has 2 amide bonds. The summed E-state index contributed by atoms with van der Waals surface area (Å²) < 4.78 is 0. The molecule has 0 unspecified atom stereocenters. The van der Waals surface area contributed by atoms with Gasteiger partial charge in [0.25, 0.3) is 0 Å². The third kappa shape index (κ3) is 3.80. The largest absolute Gasteiger partial charge is 0.323 e. The van der Waals surface area contributed by atoms with Crippen LogP contribution in [0.1, 0.15) is 23.1 Å². The number of carbonyl (C=O) groups excluding carboxylic acids is 2. The number of fused-ring (bicyclic) bond motifs is 3. The Balaban J connectivity index is 1.78. The highest BCUT2D eigenvalue weighted by Gasteiger charge is 2.29. The second-order valence-corrected chi connectivity index (χ2v) is 7.60. The quantitative estimate of drug-likeness (QED) is 0.339. The van der Waals surface area contributed by atoms with Crippen LogP contribution in [0.25, 0.3) is 10.8 Å². The van der Waals surface area contributed by atoms with Crippen LogP contribution >= 0.6 is 0 Å². The number of hydrogen-bond donors (Lipinski definition) is 1. The molecule has 0 spiro atoms. The Kier molecular flexibility index (Phi) is 5.07. The summed E-state index contributed by atoms with van der Waals surface area (Å²) in [6.07, 6.45) is -0.301. The second kappa shape index (κ2) is 8.34. The van der Waals surface area contributed by atoms with Crippen LogP contribution in [0, 0.1) is 23.2 Å². The van der Waals surface area contributed by atoms with Crippen LogP contribution in [0.4, 0.5) is 17.1 Å². The van der Waals surface area contributed by atoms with Gasteiger partial charge in [-0.2, -0.15) is 5.26 Å². The Bertz CT molecular complexity index is 1520. The monoisotopic (exact) mass is 427 g/mol. The molecular formula is C28H17N3O2. The highest BCUT2D eigenvalue weighted by Crippen LogP contribution is 2.41. The first-order valence-electron chi connectivity index (χ1n) is 10.4. The van der Waals surface area contributed by atoms with E-state index in [1.54, 1.807) is 24.3 Å². The summed E-state index contributed by atoms with van der Waals surface area (Å²) in [6, 6.07) is 28.0. The van der Waals surface area contributed by atoms with Gasteiger partial charge in [-0.05, 0) is 41.8 Å². The lowest BCUT2D eigenvalue weighted by Crippen LogP contribution is -2.26. The maximum absolute atomic E-state index is 13.2. The molecule has 156 valence electrons. The van der Waals surface area contributed by atoms with Crippen LogP contribution in [0.3, 0.4) is 0 Å². The van der Waals surface area contributed by atoms with Crippen LogP contribution < -0.4 is 10.2 Å². The maximum Gasteiger partial charge on any atom is 0.241 e. The lowest BCUT2D eigenvalue weighted by molar-refractivity contribution is -0.124. The van der Waals surface area contributed by atoms with Crippen LogP contribution in [0.5, 0.6) is 0 Å². The zero-order valence-corrected chi connectivity index (χ0v) is 17.5. The normalized spacial score (nSPS) is 12.8. The maximum atomic E-state index is 13.2. The average Bonchev–Trinajstić information content (AvgIpc) is 2.97. The molecular weight excluding hydrogens is 410 g/mol. The predicted octanol–water partition coefficient (Wildman–Crippen LogP) is 5.12. The lowest BCUT2D eigenvalue weighted by Gasteiger charge is -2.24. The van der Waals surface area contributed by atoms with Crippen molar-refractivity contribution >= 4 is 39.6 Å². The third-order valence-corrected chi connectivity index (χ3v) is 5.44. The highest BCUT2D eigenvalue weighted by atomic mass is 16.2. The summed E-state index contributed by atoms with van der Waals surface area (Å²) in [6.45, 7) is 0. The number of anilines is 3. The number of amides is 2. The number of benzene rings is 4. The number of carbonyl (C=O) groups is 2. The molecule has 0 bridgehead atoms. The van der Waals surface area contributed by atoms with Gasteiger partial charge in [0, 0.05) is 16.5 Å². The molecule has 0 aromatic heterocycles. The van der Waals surface area contributed by atoms with Gasteiger partial charge in [-0.3, -0.25) is 14.5 Å². The van der Waals surface area contributed by atoms with Crippen LogP contribution in [0.2, 0.25) is 0 Å². The van der Waals surface area contributed by atoms with Crippen molar-refractivity contribution in [2.75, 3.05) is 10.2 Å². The van der Waals surface area contributed by atoms with E-state index in [4.69, 9.17) is 0 Å². The first-order chi connectivity index (χ1) is 16.1. The molecule has 5 heteroatoms. The summed E-state index contributed by atoms with van der Waals surface area (Å²) in [5.41, 5.74) is 3.63. The standard InChI is InChI=1S/C28H17N3O2/c29-18-20-9-6-10-22(15-20)31-25-16-21(14-13-19-7-2-1-3-8-19)23-11-4-5-12-24(23)28(25)30-26(32)17-27(31)33/h1-12,15-16H,17H2,(H,30,32). The van der Waals surface area contributed by atoms with Crippen molar-refractivity contribution in [2.45, 2.75) is 6.42 Å². The minimum absolute atomic E-state index is 0.301. The molecule has 0 saturated heterocycles. The van der Waals surface area contributed by atoms with Gasteiger partial charge in [0.05, 0.1) is 28.7 Å². The van der Waals surface area contributed by atoms with Gasteiger partial charge in [0.1, 0.15) is 6.42 Å². The van der Waals surface area contributed by atoms with Crippen molar-refractivity contribution in [3.63, 3.8) is 0 Å². The van der Waals surface area contributed by atoms with Crippen molar-refractivity contribution < 1.29 is 9.59 Å². The van der Waals surface area contributed by atoms with Gasteiger partial charge in [0.15, 0.2) is 0 Å². The average molecular weight is 427 g/mol. The number of nitrogens with zero attached hydrogens (tertiary/aromatic N) is 2. The van der Waals surface area contributed by atoms with Crippen molar-refractivity contribution in [1.82, 2.24) is 0 Å². The Morgan fingerprint density at radius 1 is 0.788 bits per heavy atom. The Morgan fingerprint density at radius 3 is 2.30 bits per heavy atom. The smallest absolute Gasteiger partial charge is 0.241 e. The number of rotatable bonds is 1. The van der Waals surface area contributed by atoms with Crippen molar-refractivity contribution in [3.8, 4) is 17.9 Å². The van der Waals surface area contributed by atoms with Gasteiger partial charge >= 0.3 is 0 Å². The van der Waals surface area contributed by atoms with Crippen LogP contribution in [-0.2, 0) is 9.59 Å². The van der Waals surface area contributed by atoms with E-state index in [0.29, 0.717) is 22.6 Å². The molecule has 0 aliphatic carbocycles. The van der Waals surface area contributed by atoms with Crippen LogP contribution in [-0.4, -0.2) is 11.8 Å². The fraction of sp³-hybridized carbons (Fsp3) is 0.0357. The first kappa shape index (κ1) is 20.1. The molecule has 5 rings (SSSR count). The molecule has 0 saturated carbocycles. The molecule has 0 fully saturated rings. The molecule has 1 heterocycles. The van der Waals surface area contributed by atoms with Gasteiger partial charge in [-0.1, -0.05) is 60.4 Å². The Morgan fingerprint density at radius 2 is 1.52 bits per heavy atom. The summed E-state index contributed by atoms with van der Waals surface area (Å²) in [7, 11) is 0. The van der Waals surface area contributed by atoms with E-state index in [-0.39, 0.29) is 18.2 Å². The summed E-state index contributed by atoms with van der Waals surface area (Å²) in [5, 5.41) is 13.9. The molecule has 33 heavy (non-hydrogen) atoms. The van der Waals surface area contributed by atoms with Crippen molar-refractivity contribution in [3.05, 3.63) is 102 Å². The molecule has 4 aromatic rings. The first-order valence-corrected chi connectivity index (χ1v) is 10.4. The number of nitriles is 1. The van der Waals surface area contributed by atoms with Crippen LogP contribution in [0.15, 0.2) is 84.9 Å². The second-order valence-electron chi connectivity index (χ2n) is 7.60. The van der Waals surface area contributed by atoms with E-state index < -0.39 is 0 Å². The Hall–Kier alpha value is -4.87. The van der Waals surface area contributed by atoms with Gasteiger partial charge in [0.2, 0.25) is 11.8 Å². The highest BCUT2D eigenvalue weighted by molar-refractivity contribution is 6.21. The number of hydrogen-bond acceptors (Lipinski definition) is 3.